The summed E-state index contributed by atoms with van der Waals surface area (Å²) in [7, 11) is -4.72. The summed E-state index contributed by atoms with van der Waals surface area (Å²) in [5, 5.41) is 4.50. The fourth-order valence-electron chi connectivity index (χ4n) is 2.90. The quantitative estimate of drug-likeness (QED) is 0.188. The van der Waals surface area contributed by atoms with Gasteiger partial charge < -0.3 is 24.1 Å². The Kier molecular flexibility index (Phi) is 8.39. The molecule has 0 amide bonds. The molecular weight excluding hydrogens is 473 g/mol. The molecule has 1 aromatic heterocycles. The minimum absolute atomic E-state index is 0. The van der Waals surface area contributed by atoms with Crippen LogP contribution in [0.15, 0.2) is 36.4 Å². The van der Waals surface area contributed by atoms with Gasteiger partial charge in [0.1, 0.15) is 5.82 Å². The number of ether oxygens (including phenoxy) is 3. The molecule has 4 rings (SSSR count). The van der Waals surface area contributed by atoms with Crippen LogP contribution in [0.3, 0.4) is 0 Å². The molecule has 0 atom stereocenters. The van der Waals surface area contributed by atoms with Gasteiger partial charge in [0.05, 0.1) is 18.7 Å². The predicted octanol–water partition coefficient (Wildman–Crippen LogP) is -0.126. The van der Waals surface area contributed by atoms with Gasteiger partial charge in [-0.05, 0) is 35.9 Å². The van der Waals surface area contributed by atoms with Crippen molar-refractivity contribution in [3.8, 4) is 17.5 Å². The van der Waals surface area contributed by atoms with Gasteiger partial charge in [0.15, 0.2) is 11.5 Å². The summed E-state index contributed by atoms with van der Waals surface area (Å²) >= 11 is 6.13. The number of benzene rings is 2. The van der Waals surface area contributed by atoms with E-state index in [9.17, 15) is 13.0 Å². The molecule has 0 saturated carbocycles. The van der Waals surface area contributed by atoms with Crippen LogP contribution in [0, 0.1) is 0 Å². The molecule has 1 aliphatic heterocycles. The number of rotatable bonds is 9. The van der Waals surface area contributed by atoms with Crippen LogP contribution in [-0.2, 0) is 21.1 Å². The van der Waals surface area contributed by atoms with Gasteiger partial charge in [-0.3, -0.25) is 4.18 Å². The second kappa shape index (κ2) is 10.8. The van der Waals surface area contributed by atoms with Crippen molar-refractivity contribution in [1.82, 2.24) is 9.97 Å². The number of fused-ring (bicyclic) bond motifs is 2. The van der Waals surface area contributed by atoms with Crippen molar-refractivity contribution in [3.05, 3.63) is 47.0 Å². The first-order valence-corrected chi connectivity index (χ1v) is 10.9. The maximum absolute atomic E-state index is 10.5. The maximum Gasteiger partial charge on any atom is 1.00 e. The monoisotopic (exact) mass is 489 g/mol. The zero-order valence-electron chi connectivity index (χ0n) is 17.0. The summed E-state index contributed by atoms with van der Waals surface area (Å²) < 4.78 is 51.7. The van der Waals surface area contributed by atoms with Crippen LogP contribution >= 0.6 is 11.6 Å². The van der Waals surface area contributed by atoms with Gasteiger partial charge in [0.2, 0.25) is 17.2 Å². The summed E-state index contributed by atoms with van der Waals surface area (Å²) in [6, 6.07) is 10.9. The molecule has 2 heterocycles. The second-order valence-electron chi connectivity index (χ2n) is 6.49. The van der Waals surface area contributed by atoms with Gasteiger partial charge in [-0.25, -0.2) is 8.42 Å². The number of aromatic nitrogens is 2. The SMILES string of the molecule is O=S(=O)([O-])OCCCOc1nc(NCc2ccc3c(c2)OCO3)c2cc(Cl)ccc2n1.[Na+]. The molecular formula is C19H17ClN3NaO7S. The molecule has 3 aromatic rings. The van der Waals surface area contributed by atoms with E-state index in [0.717, 1.165) is 5.56 Å². The molecule has 0 unspecified atom stereocenters. The van der Waals surface area contributed by atoms with Gasteiger partial charge in [0, 0.05) is 23.4 Å². The molecule has 0 radical (unpaired) electrons. The van der Waals surface area contributed by atoms with E-state index in [1.54, 1.807) is 18.2 Å². The molecule has 0 fully saturated rings. The van der Waals surface area contributed by atoms with Crippen LogP contribution in [0.5, 0.6) is 17.5 Å². The maximum atomic E-state index is 10.5. The summed E-state index contributed by atoms with van der Waals surface area (Å²) in [6.07, 6.45) is 0.170. The molecule has 32 heavy (non-hydrogen) atoms. The first kappa shape index (κ1) is 24.8. The van der Waals surface area contributed by atoms with Crippen LogP contribution in [-0.4, -0.2) is 42.9 Å². The number of hydrogen-bond acceptors (Lipinski definition) is 10. The minimum Gasteiger partial charge on any atom is -0.726 e. The standard InChI is InChI=1S/C19H18ClN3O7S.Na/c20-13-3-4-15-14(9-13)18(21-10-12-2-5-16-17(8-12)29-11-28-16)23-19(22-15)27-6-1-7-30-31(24,25)26;/h2-5,8-9H,1,6-7,10-11H2,(H,21,22,23)(H,24,25,26);/q;+1/p-1. The molecule has 0 spiro atoms. The topological polar surface area (TPSA) is 132 Å². The van der Waals surface area contributed by atoms with Gasteiger partial charge in [-0.15, -0.1) is 0 Å². The van der Waals surface area contributed by atoms with E-state index in [2.05, 4.69) is 19.5 Å². The van der Waals surface area contributed by atoms with Crippen molar-refractivity contribution in [2.75, 3.05) is 25.3 Å². The molecule has 0 bridgehead atoms. The second-order valence-corrected chi connectivity index (χ2v) is 7.98. The largest absolute Gasteiger partial charge is 1.00 e. The van der Waals surface area contributed by atoms with Crippen molar-refractivity contribution >= 4 is 38.7 Å². The Morgan fingerprint density at radius 2 is 1.91 bits per heavy atom. The average molecular weight is 490 g/mol. The third-order valence-electron chi connectivity index (χ3n) is 4.28. The summed E-state index contributed by atoms with van der Waals surface area (Å²) in [4.78, 5) is 8.73. The van der Waals surface area contributed by atoms with Crippen LogP contribution in [0.25, 0.3) is 10.9 Å². The van der Waals surface area contributed by atoms with Crippen LogP contribution in [0.1, 0.15) is 12.0 Å². The zero-order valence-corrected chi connectivity index (χ0v) is 20.6. The normalized spacial score (nSPS) is 12.4. The number of halogens is 1. The number of nitrogens with one attached hydrogen (secondary N) is 1. The Hall–Kier alpha value is -1.86. The Labute approximate surface area is 211 Å². The van der Waals surface area contributed by atoms with E-state index in [1.165, 1.54) is 0 Å². The molecule has 0 saturated heterocycles. The Morgan fingerprint density at radius 1 is 1.09 bits per heavy atom. The first-order chi connectivity index (χ1) is 14.9. The number of hydrogen-bond donors (Lipinski definition) is 1. The van der Waals surface area contributed by atoms with Crippen molar-refractivity contribution in [2.45, 2.75) is 13.0 Å². The van der Waals surface area contributed by atoms with Gasteiger partial charge in [-0.1, -0.05) is 17.7 Å². The van der Waals surface area contributed by atoms with E-state index in [0.29, 0.717) is 39.8 Å². The summed E-state index contributed by atoms with van der Waals surface area (Å²) in [5.74, 6) is 1.90. The van der Waals surface area contributed by atoms with Gasteiger partial charge in [0.25, 0.3) is 0 Å². The molecule has 164 valence electrons. The summed E-state index contributed by atoms with van der Waals surface area (Å²) in [5.41, 5.74) is 1.57. The third-order valence-corrected chi connectivity index (χ3v) is 4.97. The Morgan fingerprint density at radius 3 is 2.72 bits per heavy atom. The van der Waals surface area contributed by atoms with Crippen molar-refractivity contribution in [2.24, 2.45) is 0 Å². The fraction of sp³-hybridized carbons (Fsp3) is 0.263. The van der Waals surface area contributed by atoms with Crippen LogP contribution in [0.2, 0.25) is 5.02 Å². The van der Waals surface area contributed by atoms with E-state index >= 15 is 0 Å². The van der Waals surface area contributed by atoms with E-state index < -0.39 is 10.4 Å². The van der Waals surface area contributed by atoms with E-state index in [4.69, 9.17) is 25.8 Å². The molecule has 0 aliphatic carbocycles. The Bertz CT molecular complexity index is 1210. The number of anilines is 1. The molecule has 2 aromatic carbocycles. The average Bonchev–Trinajstić information content (AvgIpc) is 3.19. The first-order valence-electron chi connectivity index (χ1n) is 9.20. The fourth-order valence-corrected chi connectivity index (χ4v) is 3.39. The summed E-state index contributed by atoms with van der Waals surface area (Å²) in [6.45, 7) is 0.429. The molecule has 1 N–H and O–H groups in total. The van der Waals surface area contributed by atoms with Gasteiger partial charge in [-0.2, -0.15) is 9.97 Å². The third kappa shape index (κ3) is 6.58. The minimum atomic E-state index is -4.72. The van der Waals surface area contributed by atoms with Crippen LogP contribution in [0.4, 0.5) is 5.82 Å². The van der Waals surface area contributed by atoms with Crippen molar-refractivity contribution in [3.63, 3.8) is 0 Å². The smallest absolute Gasteiger partial charge is 0.726 e. The van der Waals surface area contributed by atoms with Crippen molar-refractivity contribution in [1.29, 1.82) is 0 Å². The van der Waals surface area contributed by atoms with Crippen LogP contribution < -0.4 is 49.1 Å². The van der Waals surface area contributed by atoms with E-state index in [-0.39, 0.29) is 62.0 Å². The zero-order chi connectivity index (χ0) is 21.8. The molecule has 1 aliphatic rings. The Balaban J connectivity index is 0.00000289. The predicted molar refractivity (Wildman–Crippen MR) is 110 cm³/mol. The molecule has 13 heteroatoms. The molecule has 10 nitrogen and oxygen atoms in total. The van der Waals surface area contributed by atoms with Gasteiger partial charge >= 0.3 is 35.6 Å². The van der Waals surface area contributed by atoms with Crippen molar-refractivity contribution < 1.29 is 60.9 Å². The number of nitrogens with zero attached hydrogens (tertiary/aromatic N) is 2. The van der Waals surface area contributed by atoms with E-state index in [1.807, 2.05) is 18.2 Å².